The number of carbonyl (C=O) groups excluding carboxylic acids is 2. The smallest absolute Gasteiger partial charge is 0.294 e. The number of imide groups is 1. The number of carbonyl (C=O) groups is 2. The summed E-state index contributed by atoms with van der Waals surface area (Å²) < 4.78 is 2.18. The van der Waals surface area contributed by atoms with Gasteiger partial charge in [0.25, 0.3) is 11.1 Å². The molecule has 0 spiro atoms. The van der Waals surface area contributed by atoms with Gasteiger partial charge in [0.1, 0.15) is 0 Å². The lowest BCUT2D eigenvalue weighted by Crippen LogP contribution is -2.35. The number of hydrogen-bond donors (Lipinski definition) is 0. The third-order valence-corrected chi connectivity index (χ3v) is 4.67. The van der Waals surface area contributed by atoms with Gasteiger partial charge in [-0.1, -0.05) is 6.08 Å². The van der Waals surface area contributed by atoms with E-state index in [9.17, 15) is 9.59 Å². The molecule has 1 atom stereocenters. The van der Waals surface area contributed by atoms with Gasteiger partial charge in [-0.25, -0.2) is 0 Å². The molecule has 0 aliphatic carbocycles. The van der Waals surface area contributed by atoms with E-state index in [1.807, 2.05) is 26.0 Å². The van der Waals surface area contributed by atoms with E-state index in [-0.39, 0.29) is 17.2 Å². The third kappa shape index (κ3) is 2.70. The summed E-state index contributed by atoms with van der Waals surface area (Å²) in [5.74, 6) is -0.237. The largest absolute Gasteiger partial charge is 0.349 e. The minimum absolute atomic E-state index is 0.233. The van der Waals surface area contributed by atoms with Crippen molar-refractivity contribution in [1.82, 2.24) is 9.47 Å². The van der Waals surface area contributed by atoms with Crippen molar-refractivity contribution in [2.24, 2.45) is 0 Å². The molecule has 2 rings (SSSR count). The third-order valence-electron chi connectivity index (χ3n) is 3.79. The van der Waals surface area contributed by atoms with Crippen molar-refractivity contribution in [1.29, 1.82) is 0 Å². The number of amides is 2. The van der Waals surface area contributed by atoms with Gasteiger partial charge in [0, 0.05) is 17.9 Å². The molecule has 0 aromatic carbocycles. The first-order chi connectivity index (χ1) is 9.90. The van der Waals surface area contributed by atoms with Gasteiger partial charge in [-0.3, -0.25) is 14.5 Å². The normalized spacial score (nSPS) is 18.7. The second kappa shape index (κ2) is 5.93. The van der Waals surface area contributed by atoms with Gasteiger partial charge in [0.15, 0.2) is 0 Å². The lowest BCUT2D eigenvalue weighted by atomic mass is 10.2. The summed E-state index contributed by atoms with van der Waals surface area (Å²) in [4.78, 5) is 26.1. The van der Waals surface area contributed by atoms with E-state index in [0.29, 0.717) is 4.91 Å². The molecule has 1 aliphatic rings. The molecule has 4 nitrogen and oxygen atoms in total. The van der Waals surface area contributed by atoms with Crippen LogP contribution in [0, 0.1) is 13.8 Å². The Labute approximate surface area is 129 Å². The standard InChI is InChI=1S/C16H20N2O2S/c1-6-10(3)18-15(19)14(21-16(18)20)9-13-8-11(4)17(7-2)12(13)5/h6,8-10H,1,7H2,2-5H3/b14-9-/t10-/m1/s1. The molecule has 0 saturated carbocycles. The number of nitrogens with zero attached hydrogens (tertiary/aromatic N) is 2. The number of thioether (sulfide) groups is 1. The van der Waals surface area contributed by atoms with Crippen LogP contribution < -0.4 is 0 Å². The van der Waals surface area contributed by atoms with Crippen molar-refractivity contribution in [2.75, 3.05) is 0 Å². The quantitative estimate of drug-likeness (QED) is 0.628. The first-order valence-corrected chi connectivity index (χ1v) is 7.78. The molecule has 1 aromatic heterocycles. The molecule has 1 fully saturated rings. The monoisotopic (exact) mass is 304 g/mol. The van der Waals surface area contributed by atoms with Crippen molar-refractivity contribution in [3.63, 3.8) is 0 Å². The molecule has 1 aliphatic heterocycles. The van der Waals surface area contributed by atoms with Gasteiger partial charge < -0.3 is 4.57 Å². The molecular weight excluding hydrogens is 284 g/mol. The van der Waals surface area contributed by atoms with Crippen LogP contribution in [0.3, 0.4) is 0 Å². The highest BCUT2D eigenvalue weighted by Crippen LogP contribution is 2.34. The summed E-state index contributed by atoms with van der Waals surface area (Å²) in [6, 6.07) is 1.76. The fourth-order valence-electron chi connectivity index (χ4n) is 2.54. The molecule has 5 heteroatoms. The first-order valence-electron chi connectivity index (χ1n) is 6.97. The number of hydrogen-bond acceptors (Lipinski definition) is 3. The molecule has 2 heterocycles. The highest BCUT2D eigenvalue weighted by molar-refractivity contribution is 8.18. The van der Waals surface area contributed by atoms with Gasteiger partial charge in [-0.15, -0.1) is 6.58 Å². The highest BCUT2D eigenvalue weighted by Gasteiger charge is 2.37. The average Bonchev–Trinajstić information content (AvgIpc) is 2.87. The summed E-state index contributed by atoms with van der Waals surface area (Å²) in [6.07, 6.45) is 3.41. The van der Waals surface area contributed by atoms with Crippen LogP contribution in [0.1, 0.15) is 30.8 Å². The summed E-state index contributed by atoms with van der Waals surface area (Å²) in [6.45, 7) is 12.5. The molecule has 0 bridgehead atoms. The van der Waals surface area contributed by atoms with Crippen LogP contribution in [0.5, 0.6) is 0 Å². The van der Waals surface area contributed by atoms with Crippen LogP contribution >= 0.6 is 11.8 Å². The Bertz CT molecular complexity index is 643. The zero-order valence-electron chi connectivity index (χ0n) is 12.8. The van der Waals surface area contributed by atoms with E-state index in [2.05, 4.69) is 18.1 Å². The van der Waals surface area contributed by atoms with Gasteiger partial charge >= 0.3 is 0 Å². The van der Waals surface area contributed by atoms with Crippen LogP contribution in [0.2, 0.25) is 0 Å². The molecule has 1 saturated heterocycles. The van der Waals surface area contributed by atoms with E-state index in [4.69, 9.17) is 0 Å². The summed E-state index contributed by atoms with van der Waals surface area (Å²) in [5.41, 5.74) is 3.25. The molecule has 0 N–H and O–H groups in total. The van der Waals surface area contributed by atoms with Crippen LogP contribution in [-0.4, -0.2) is 26.7 Å². The Morgan fingerprint density at radius 2 is 2.05 bits per heavy atom. The van der Waals surface area contributed by atoms with Crippen LogP contribution in [0.15, 0.2) is 23.6 Å². The maximum atomic E-state index is 12.4. The predicted molar refractivity (Wildman–Crippen MR) is 87.0 cm³/mol. The Balaban J connectivity index is 2.37. The van der Waals surface area contributed by atoms with Crippen molar-refractivity contribution in [3.8, 4) is 0 Å². The second-order valence-corrected chi connectivity index (χ2v) is 6.09. The fourth-order valence-corrected chi connectivity index (χ4v) is 3.45. The van der Waals surface area contributed by atoms with E-state index < -0.39 is 0 Å². The van der Waals surface area contributed by atoms with Crippen LogP contribution in [0.4, 0.5) is 4.79 Å². The van der Waals surface area contributed by atoms with Gasteiger partial charge in [0.05, 0.1) is 10.9 Å². The zero-order valence-corrected chi connectivity index (χ0v) is 13.7. The lowest BCUT2D eigenvalue weighted by molar-refractivity contribution is -0.123. The van der Waals surface area contributed by atoms with Crippen molar-refractivity contribution in [2.45, 2.75) is 40.3 Å². The molecule has 0 unspecified atom stereocenters. The summed E-state index contributed by atoms with van der Waals surface area (Å²) >= 11 is 0.993. The van der Waals surface area contributed by atoms with Crippen molar-refractivity contribution < 1.29 is 9.59 Å². The average molecular weight is 304 g/mol. The van der Waals surface area contributed by atoms with E-state index in [0.717, 1.165) is 35.3 Å². The summed E-state index contributed by atoms with van der Waals surface area (Å²) in [7, 11) is 0. The van der Waals surface area contributed by atoms with E-state index in [1.54, 1.807) is 13.0 Å². The minimum Gasteiger partial charge on any atom is -0.349 e. The molecule has 1 aromatic rings. The molecule has 0 radical (unpaired) electrons. The van der Waals surface area contributed by atoms with E-state index >= 15 is 0 Å². The maximum absolute atomic E-state index is 12.4. The lowest BCUT2D eigenvalue weighted by Gasteiger charge is -2.17. The number of aromatic nitrogens is 1. The Hall–Kier alpha value is -1.75. The topological polar surface area (TPSA) is 42.3 Å². The maximum Gasteiger partial charge on any atom is 0.294 e. The van der Waals surface area contributed by atoms with Gasteiger partial charge in [-0.2, -0.15) is 0 Å². The predicted octanol–water partition coefficient (Wildman–Crippen LogP) is 3.74. The van der Waals surface area contributed by atoms with Gasteiger partial charge in [0.2, 0.25) is 0 Å². The van der Waals surface area contributed by atoms with Crippen molar-refractivity contribution in [3.05, 3.63) is 40.6 Å². The number of aryl methyl sites for hydroxylation is 1. The minimum atomic E-state index is -0.286. The molecular formula is C16H20N2O2S. The molecule has 2 amide bonds. The van der Waals surface area contributed by atoms with E-state index in [1.165, 1.54) is 4.90 Å². The summed E-state index contributed by atoms with van der Waals surface area (Å²) in [5, 5.41) is -0.233. The number of rotatable bonds is 4. The van der Waals surface area contributed by atoms with Crippen molar-refractivity contribution >= 4 is 29.0 Å². The Morgan fingerprint density at radius 1 is 1.38 bits per heavy atom. The highest BCUT2D eigenvalue weighted by atomic mass is 32.2. The molecule has 112 valence electrons. The molecule has 21 heavy (non-hydrogen) atoms. The Kier molecular flexibility index (Phi) is 4.42. The SMILES string of the molecule is C=C[C@@H](C)N1C(=O)S/C(=C\c2cc(C)n(CC)c2C)C1=O. The van der Waals surface area contributed by atoms with Crippen LogP contribution in [-0.2, 0) is 11.3 Å². The Morgan fingerprint density at radius 3 is 2.57 bits per heavy atom. The fraction of sp³-hybridized carbons (Fsp3) is 0.375. The van der Waals surface area contributed by atoms with Crippen LogP contribution in [0.25, 0.3) is 6.08 Å². The zero-order chi connectivity index (χ0) is 15.7. The van der Waals surface area contributed by atoms with Gasteiger partial charge in [-0.05, 0) is 57.2 Å². The second-order valence-electron chi connectivity index (χ2n) is 5.10. The first kappa shape index (κ1) is 15.6.